The van der Waals surface area contributed by atoms with Gasteiger partial charge in [0.2, 0.25) is 0 Å². The molecule has 0 aromatic heterocycles. The first-order valence-corrected chi connectivity index (χ1v) is 5.30. The van der Waals surface area contributed by atoms with Crippen molar-refractivity contribution in [3.63, 3.8) is 0 Å². The highest BCUT2D eigenvalue weighted by atomic mass is 35.5. The maximum Gasteiger partial charge on any atom is 0.0404 e. The quantitative estimate of drug-likeness (QED) is 0.533. The van der Waals surface area contributed by atoms with Crippen LogP contribution in [0.25, 0.3) is 0 Å². The van der Waals surface area contributed by atoms with E-state index in [2.05, 4.69) is 42.3 Å². The number of benzene rings is 1. The lowest BCUT2D eigenvalue weighted by Gasteiger charge is -2.13. The molecule has 1 rings (SSSR count). The van der Waals surface area contributed by atoms with Crippen LogP contribution in [0.15, 0.2) is 42.5 Å². The summed E-state index contributed by atoms with van der Waals surface area (Å²) < 4.78 is 0. The van der Waals surface area contributed by atoms with Crippen molar-refractivity contribution < 1.29 is 0 Å². The fourth-order valence-corrected chi connectivity index (χ4v) is 1.40. The van der Waals surface area contributed by atoms with Crippen molar-refractivity contribution in [1.82, 2.24) is 4.90 Å². The molecule has 0 bridgehead atoms. The predicted octanol–water partition coefficient (Wildman–Crippen LogP) is 2.91. The smallest absolute Gasteiger partial charge is 0.0404 e. The van der Waals surface area contributed by atoms with Crippen LogP contribution in [-0.2, 0) is 6.54 Å². The van der Waals surface area contributed by atoms with Crippen molar-refractivity contribution in [2.24, 2.45) is 0 Å². The van der Waals surface area contributed by atoms with E-state index in [-0.39, 0.29) is 0 Å². The average Bonchev–Trinajstić information content (AvgIpc) is 2.20. The predicted molar refractivity (Wildman–Crippen MR) is 62.6 cm³/mol. The van der Waals surface area contributed by atoms with Crippen LogP contribution in [0.1, 0.15) is 5.56 Å². The highest BCUT2D eigenvalue weighted by Gasteiger charge is 1.96. The number of hydrogen-bond donors (Lipinski definition) is 0. The van der Waals surface area contributed by atoms with Crippen molar-refractivity contribution in [3.8, 4) is 0 Å². The van der Waals surface area contributed by atoms with Gasteiger partial charge in [-0.2, -0.15) is 0 Å². The molecule has 0 spiro atoms. The number of likely N-dealkylation sites (N-methyl/N-ethyl adjacent to an activating group) is 1. The molecule has 0 fully saturated rings. The van der Waals surface area contributed by atoms with Crippen LogP contribution in [-0.4, -0.2) is 24.4 Å². The number of allylic oxidation sites excluding steroid dienone is 1. The number of halogens is 1. The summed E-state index contributed by atoms with van der Waals surface area (Å²) in [5, 5.41) is 0. The van der Waals surface area contributed by atoms with Crippen molar-refractivity contribution in [3.05, 3.63) is 48.0 Å². The summed E-state index contributed by atoms with van der Waals surface area (Å²) in [7, 11) is 2.10. The fourth-order valence-electron chi connectivity index (χ4n) is 1.28. The highest BCUT2D eigenvalue weighted by molar-refractivity contribution is 6.18. The zero-order valence-electron chi connectivity index (χ0n) is 8.49. The molecule has 1 aromatic rings. The van der Waals surface area contributed by atoms with Gasteiger partial charge < -0.3 is 0 Å². The zero-order valence-corrected chi connectivity index (χ0v) is 9.24. The molecule has 0 amide bonds. The van der Waals surface area contributed by atoms with E-state index in [4.69, 9.17) is 11.6 Å². The maximum atomic E-state index is 5.54. The average molecular weight is 210 g/mol. The number of alkyl halides is 1. The third kappa shape index (κ3) is 4.45. The monoisotopic (exact) mass is 209 g/mol. The van der Waals surface area contributed by atoms with Gasteiger partial charge >= 0.3 is 0 Å². The van der Waals surface area contributed by atoms with Gasteiger partial charge in [0.25, 0.3) is 0 Å². The Kier molecular flexibility index (Phi) is 5.35. The van der Waals surface area contributed by atoms with Crippen LogP contribution in [0.3, 0.4) is 0 Å². The first-order chi connectivity index (χ1) is 6.83. The van der Waals surface area contributed by atoms with Crippen LogP contribution >= 0.6 is 11.6 Å². The Morgan fingerprint density at radius 3 is 2.57 bits per heavy atom. The van der Waals surface area contributed by atoms with E-state index in [1.54, 1.807) is 0 Å². The minimum Gasteiger partial charge on any atom is -0.298 e. The van der Waals surface area contributed by atoms with Gasteiger partial charge in [-0.15, -0.1) is 11.6 Å². The van der Waals surface area contributed by atoms with E-state index in [0.29, 0.717) is 5.88 Å². The molecule has 0 aliphatic rings. The molecule has 0 saturated heterocycles. The second-order valence-corrected chi connectivity index (χ2v) is 3.62. The van der Waals surface area contributed by atoms with Gasteiger partial charge in [-0.25, -0.2) is 0 Å². The molecule has 0 heterocycles. The first kappa shape index (κ1) is 11.3. The Morgan fingerprint density at radius 1 is 1.21 bits per heavy atom. The second kappa shape index (κ2) is 6.63. The lowest BCUT2D eigenvalue weighted by Crippen LogP contribution is -2.17. The number of nitrogens with zero attached hydrogens (tertiary/aromatic N) is 1. The summed E-state index contributed by atoms with van der Waals surface area (Å²) >= 11 is 5.54. The highest BCUT2D eigenvalue weighted by Crippen LogP contribution is 2.01. The van der Waals surface area contributed by atoms with Gasteiger partial charge in [-0.1, -0.05) is 42.5 Å². The van der Waals surface area contributed by atoms with Crippen molar-refractivity contribution >= 4 is 11.6 Å². The van der Waals surface area contributed by atoms with Gasteiger partial charge in [-0.05, 0) is 12.6 Å². The summed E-state index contributed by atoms with van der Waals surface area (Å²) in [6.07, 6.45) is 4.07. The third-order valence-corrected chi connectivity index (χ3v) is 2.15. The van der Waals surface area contributed by atoms with Gasteiger partial charge in [0.05, 0.1) is 0 Å². The van der Waals surface area contributed by atoms with Crippen molar-refractivity contribution in [2.75, 3.05) is 19.5 Å². The minimum absolute atomic E-state index is 0.596. The maximum absolute atomic E-state index is 5.54. The van der Waals surface area contributed by atoms with E-state index in [1.807, 2.05) is 12.1 Å². The van der Waals surface area contributed by atoms with Gasteiger partial charge in [0.15, 0.2) is 0 Å². The molecule has 1 nitrogen and oxygen atoms in total. The largest absolute Gasteiger partial charge is 0.298 e. The fraction of sp³-hybridized carbons (Fsp3) is 0.333. The Bertz CT molecular complexity index is 269. The standard InChI is InChI=1S/C12H16ClN/c1-14(10-6-5-9-13)11-12-7-3-2-4-8-12/h2-8H,9-11H2,1H3/b6-5+. The van der Waals surface area contributed by atoms with E-state index < -0.39 is 0 Å². The van der Waals surface area contributed by atoms with Gasteiger partial charge in [-0.3, -0.25) is 4.90 Å². The minimum atomic E-state index is 0.596. The van der Waals surface area contributed by atoms with Crippen LogP contribution in [0.4, 0.5) is 0 Å². The molecule has 76 valence electrons. The molecule has 14 heavy (non-hydrogen) atoms. The molecule has 2 heteroatoms. The number of hydrogen-bond acceptors (Lipinski definition) is 1. The van der Waals surface area contributed by atoms with Crippen molar-refractivity contribution in [1.29, 1.82) is 0 Å². The Morgan fingerprint density at radius 2 is 1.93 bits per heavy atom. The molecule has 0 atom stereocenters. The van der Waals surface area contributed by atoms with Gasteiger partial charge in [0, 0.05) is 19.0 Å². The molecule has 0 aliphatic heterocycles. The van der Waals surface area contributed by atoms with Crippen LogP contribution in [0.2, 0.25) is 0 Å². The first-order valence-electron chi connectivity index (χ1n) is 4.76. The van der Waals surface area contributed by atoms with E-state index in [1.165, 1.54) is 5.56 Å². The molecule has 0 aliphatic carbocycles. The molecular formula is C12H16ClN. The lowest BCUT2D eigenvalue weighted by atomic mass is 10.2. The second-order valence-electron chi connectivity index (χ2n) is 3.31. The summed E-state index contributed by atoms with van der Waals surface area (Å²) in [6.45, 7) is 1.93. The third-order valence-electron chi connectivity index (χ3n) is 1.97. The van der Waals surface area contributed by atoms with Gasteiger partial charge in [0.1, 0.15) is 0 Å². The Labute approximate surface area is 91.0 Å². The van der Waals surface area contributed by atoms with E-state index in [9.17, 15) is 0 Å². The molecule has 0 unspecified atom stereocenters. The summed E-state index contributed by atoms with van der Waals surface area (Å²) in [5.41, 5.74) is 1.34. The van der Waals surface area contributed by atoms with E-state index >= 15 is 0 Å². The Hall–Kier alpha value is -0.790. The zero-order chi connectivity index (χ0) is 10.2. The SMILES string of the molecule is CN(C/C=C/CCl)Cc1ccccc1. The number of rotatable bonds is 5. The summed E-state index contributed by atoms with van der Waals surface area (Å²) in [6, 6.07) is 10.5. The molecule has 0 radical (unpaired) electrons. The summed E-state index contributed by atoms with van der Waals surface area (Å²) in [5.74, 6) is 0.596. The normalized spacial score (nSPS) is 11.4. The molecule has 0 N–H and O–H groups in total. The van der Waals surface area contributed by atoms with Crippen LogP contribution in [0.5, 0.6) is 0 Å². The summed E-state index contributed by atoms with van der Waals surface area (Å²) in [4.78, 5) is 2.25. The lowest BCUT2D eigenvalue weighted by molar-refractivity contribution is 0.363. The molecule has 0 saturated carbocycles. The molecule has 1 aromatic carbocycles. The molecular weight excluding hydrogens is 194 g/mol. The topological polar surface area (TPSA) is 3.24 Å². The Balaban J connectivity index is 2.34. The van der Waals surface area contributed by atoms with Crippen LogP contribution < -0.4 is 0 Å². The van der Waals surface area contributed by atoms with E-state index in [0.717, 1.165) is 13.1 Å². The van der Waals surface area contributed by atoms with Crippen molar-refractivity contribution in [2.45, 2.75) is 6.54 Å². The van der Waals surface area contributed by atoms with Crippen LogP contribution in [0, 0.1) is 0 Å².